The molecule has 1 aliphatic heterocycles. The molecule has 24 heavy (non-hydrogen) atoms. The van der Waals surface area contributed by atoms with Gasteiger partial charge in [-0.1, -0.05) is 41.9 Å². The van der Waals surface area contributed by atoms with Crippen molar-refractivity contribution in [3.05, 3.63) is 65.2 Å². The summed E-state index contributed by atoms with van der Waals surface area (Å²) in [6.07, 6.45) is 0. The molecule has 1 aliphatic rings. The fourth-order valence-corrected chi connectivity index (χ4v) is 3.25. The first kappa shape index (κ1) is 16.8. The van der Waals surface area contributed by atoms with Gasteiger partial charge < -0.3 is 15.1 Å². The van der Waals surface area contributed by atoms with E-state index in [1.54, 1.807) is 0 Å². The quantitative estimate of drug-likeness (QED) is 0.859. The number of anilines is 1. The van der Waals surface area contributed by atoms with E-state index in [2.05, 4.69) is 34.5 Å². The van der Waals surface area contributed by atoms with Crippen LogP contribution >= 0.6 is 11.6 Å². The Morgan fingerprint density at radius 2 is 1.83 bits per heavy atom. The number of hydrogen-bond donors (Lipinski definition) is 2. The van der Waals surface area contributed by atoms with E-state index in [0.717, 1.165) is 31.7 Å². The molecule has 0 aromatic heterocycles. The van der Waals surface area contributed by atoms with E-state index < -0.39 is 0 Å². The zero-order valence-electron chi connectivity index (χ0n) is 13.7. The fourth-order valence-electron chi connectivity index (χ4n) is 3.03. The Morgan fingerprint density at radius 3 is 2.54 bits per heavy atom. The maximum atomic E-state index is 12.1. The molecule has 0 spiro atoms. The molecule has 0 unspecified atom stereocenters. The van der Waals surface area contributed by atoms with Crippen LogP contribution in [-0.4, -0.2) is 38.6 Å². The molecule has 0 saturated carbocycles. The first-order valence-corrected chi connectivity index (χ1v) is 8.73. The molecule has 1 fully saturated rings. The number of piperazine rings is 1. The van der Waals surface area contributed by atoms with Crippen LogP contribution in [-0.2, 0) is 11.3 Å². The monoisotopic (exact) mass is 344 g/mol. The molecule has 1 saturated heterocycles. The van der Waals surface area contributed by atoms with Crippen molar-refractivity contribution in [3.8, 4) is 0 Å². The van der Waals surface area contributed by atoms with E-state index in [0.29, 0.717) is 18.1 Å². The molecule has 0 radical (unpaired) electrons. The van der Waals surface area contributed by atoms with Gasteiger partial charge in [0, 0.05) is 17.3 Å². The molecule has 126 valence electrons. The third kappa shape index (κ3) is 4.73. The van der Waals surface area contributed by atoms with Crippen LogP contribution in [0.3, 0.4) is 0 Å². The number of benzene rings is 2. The van der Waals surface area contributed by atoms with E-state index >= 15 is 0 Å². The minimum absolute atomic E-state index is 0.0955. The van der Waals surface area contributed by atoms with Gasteiger partial charge in [-0.3, -0.25) is 4.79 Å². The van der Waals surface area contributed by atoms with Gasteiger partial charge in [-0.2, -0.15) is 0 Å². The maximum absolute atomic E-state index is 12.1. The van der Waals surface area contributed by atoms with E-state index in [4.69, 9.17) is 11.6 Å². The first-order chi connectivity index (χ1) is 11.7. The van der Waals surface area contributed by atoms with Crippen LogP contribution in [0.1, 0.15) is 5.56 Å². The number of carbonyl (C=O) groups excluding carboxylic acids is 1. The molecule has 0 bridgehead atoms. The molecular weight excluding hydrogens is 322 g/mol. The molecule has 0 atom stereocenters. The zero-order valence-corrected chi connectivity index (χ0v) is 14.4. The van der Waals surface area contributed by atoms with E-state index in [1.807, 2.05) is 30.3 Å². The minimum Gasteiger partial charge on any atom is -0.360 e. The summed E-state index contributed by atoms with van der Waals surface area (Å²) in [6, 6.07) is 18.0. The Balaban J connectivity index is 1.42. The fraction of sp³-hybridized carbons (Fsp3) is 0.316. The van der Waals surface area contributed by atoms with Crippen molar-refractivity contribution in [2.24, 2.45) is 0 Å². The molecule has 0 aliphatic carbocycles. The minimum atomic E-state index is 0.0955. The van der Waals surface area contributed by atoms with Crippen LogP contribution in [0.4, 0.5) is 5.69 Å². The average molecular weight is 345 g/mol. The van der Waals surface area contributed by atoms with Crippen molar-refractivity contribution in [1.82, 2.24) is 5.32 Å². The predicted octanol–water partition coefficient (Wildman–Crippen LogP) is 1.36. The third-order valence-electron chi connectivity index (χ3n) is 4.38. The highest BCUT2D eigenvalue weighted by Gasteiger charge is 2.22. The maximum Gasteiger partial charge on any atom is 0.275 e. The van der Waals surface area contributed by atoms with Crippen LogP contribution in [0.25, 0.3) is 0 Å². The van der Waals surface area contributed by atoms with Gasteiger partial charge in [0.05, 0.1) is 26.2 Å². The van der Waals surface area contributed by atoms with Gasteiger partial charge in [0.15, 0.2) is 6.54 Å². The Bertz CT molecular complexity index is 669. The van der Waals surface area contributed by atoms with Gasteiger partial charge in [-0.25, -0.2) is 0 Å². The van der Waals surface area contributed by atoms with Crippen molar-refractivity contribution in [3.63, 3.8) is 0 Å². The molecule has 5 heteroatoms. The lowest BCUT2D eigenvalue weighted by Crippen LogP contribution is -3.15. The Labute approximate surface area is 148 Å². The average Bonchev–Trinajstić information content (AvgIpc) is 2.61. The van der Waals surface area contributed by atoms with E-state index in [-0.39, 0.29) is 5.91 Å². The third-order valence-corrected chi connectivity index (χ3v) is 4.62. The number of hydrogen-bond acceptors (Lipinski definition) is 2. The van der Waals surface area contributed by atoms with E-state index in [9.17, 15) is 4.79 Å². The van der Waals surface area contributed by atoms with Gasteiger partial charge in [0.25, 0.3) is 5.91 Å². The van der Waals surface area contributed by atoms with Crippen molar-refractivity contribution in [2.45, 2.75) is 6.54 Å². The van der Waals surface area contributed by atoms with Crippen LogP contribution in [0.15, 0.2) is 54.6 Å². The van der Waals surface area contributed by atoms with Gasteiger partial charge >= 0.3 is 0 Å². The first-order valence-electron chi connectivity index (χ1n) is 8.35. The van der Waals surface area contributed by atoms with Gasteiger partial charge in [0.2, 0.25) is 0 Å². The lowest BCUT2D eigenvalue weighted by Gasteiger charge is -2.33. The Hall–Kier alpha value is -2.04. The number of amides is 1. The molecule has 2 N–H and O–H groups in total. The van der Waals surface area contributed by atoms with Gasteiger partial charge in [-0.05, 0) is 29.8 Å². The number of halogens is 1. The summed E-state index contributed by atoms with van der Waals surface area (Å²) in [5, 5.41) is 3.68. The highest BCUT2D eigenvalue weighted by molar-refractivity contribution is 6.30. The lowest BCUT2D eigenvalue weighted by atomic mass is 10.2. The summed E-state index contributed by atoms with van der Waals surface area (Å²) in [7, 11) is 0. The number of rotatable bonds is 5. The number of carbonyl (C=O) groups is 1. The highest BCUT2D eigenvalue weighted by Crippen LogP contribution is 2.12. The second kappa shape index (κ2) is 8.18. The second-order valence-electron chi connectivity index (χ2n) is 6.16. The smallest absolute Gasteiger partial charge is 0.275 e. The van der Waals surface area contributed by atoms with E-state index in [1.165, 1.54) is 10.6 Å². The van der Waals surface area contributed by atoms with Crippen molar-refractivity contribution < 1.29 is 9.69 Å². The predicted molar refractivity (Wildman–Crippen MR) is 97.5 cm³/mol. The molecule has 2 aromatic rings. The summed E-state index contributed by atoms with van der Waals surface area (Å²) >= 11 is 5.96. The summed E-state index contributed by atoms with van der Waals surface area (Å²) in [5.41, 5.74) is 2.29. The van der Waals surface area contributed by atoms with Gasteiger partial charge in [-0.15, -0.1) is 0 Å². The molecule has 3 rings (SSSR count). The molecule has 2 aromatic carbocycles. The number of nitrogens with one attached hydrogen (secondary N) is 2. The second-order valence-corrected chi connectivity index (χ2v) is 6.59. The Morgan fingerprint density at radius 1 is 1.08 bits per heavy atom. The van der Waals surface area contributed by atoms with Crippen LogP contribution in [0.2, 0.25) is 5.02 Å². The standard InChI is InChI=1S/C19H22ClN3O/c20-17-6-4-5-16(13-17)14-21-19(24)15-22-9-11-23(12-10-22)18-7-2-1-3-8-18/h1-8,13H,9-12,14-15H2,(H,21,24)/p+1. The van der Waals surface area contributed by atoms with Crippen molar-refractivity contribution >= 4 is 23.2 Å². The summed E-state index contributed by atoms with van der Waals surface area (Å²) in [4.78, 5) is 15.9. The topological polar surface area (TPSA) is 36.8 Å². The molecule has 1 amide bonds. The lowest BCUT2D eigenvalue weighted by molar-refractivity contribution is -0.892. The molecular formula is C19H23ClN3O+. The number of nitrogens with zero attached hydrogens (tertiary/aromatic N) is 1. The SMILES string of the molecule is O=C(C[NH+]1CCN(c2ccccc2)CC1)NCc1cccc(Cl)c1. The Kier molecular flexibility index (Phi) is 5.72. The van der Waals surface area contributed by atoms with Gasteiger partial charge in [0.1, 0.15) is 0 Å². The summed E-state index contributed by atoms with van der Waals surface area (Å²) in [5.74, 6) is 0.0955. The van der Waals surface area contributed by atoms with Crippen molar-refractivity contribution in [1.29, 1.82) is 0 Å². The van der Waals surface area contributed by atoms with Crippen LogP contribution in [0.5, 0.6) is 0 Å². The molecule has 1 heterocycles. The number of quaternary nitrogens is 1. The van der Waals surface area contributed by atoms with Crippen molar-refractivity contribution in [2.75, 3.05) is 37.6 Å². The van der Waals surface area contributed by atoms with Crippen LogP contribution in [0, 0.1) is 0 Å². The molecule has 4 nitrogen and oxygen atoms in total. The number of para-hydroxylation sites is 1. The normalized spacial score (nSPS) is 15.3. The van der Waals surface area contributed by atoms with Crippen LogP contribution < -0.4 is 15.1 Å². The largest absolute Gasteiger partial charge is 0.360 e. The summed E-state index contributed by atoms with van der Waals surface area (Å²) < 4.78 is 0. The zero-order chi connectivity index (χ0) is 16.8. The highest BCUT2D eigenvalue weighted by atomic mass is 35.5. The summed E-state index contributed by atoms with van der Waals surface area (Å²) in [6.45, 7) is 5.01.